The van der Waals surface area contributed by atoms with E-state index in [4.69, 9.17) is 4.74 Å². The maximum absolute atomic E-state index is 14.1. The van der Waals surface area contributed by atoms with E-state index >= 15 is 0 Å². The van der Waals surface area contributed by atoms with Crippen LogP contribution in [0.4, 0.5) is 5.69 Å². The summed E-state index contributed by atoms with van der Waals surface area (Å²) in [7, 11) is 0. The van der Waals surface area contributed by atoms with E-state index in [0.717, 1.165) is 39.8 Å². The lowest BCUT2D eigenvalue weighted by Gasteiger charge is -2.45. The molecule has 0 unspecified atom stereocenters. The maximum atomic E-state index is 14.1. The Morgan fingerprint density at radius 1 is 0.829 bits per heavy atom. The molecule has 3 aliphatic carbocycles. The highest BCUT2D eigenvalue weighted by atomic mass is 16.5. The number of nitrogens with zero attached hydrogens (tertiary/aromatic N) is 1. The molecule has 3 amide bonds. The van der Waals surface area contributed by atoms with Crippen LogP contribution >= 0.6 is 0 Å². The molecule has 3 atom stereocenters. The third-order valence-corrected chi connectivity index (χ3v) is 8.75. The van der Waals surface area contributed by atoms with Crippen LogP contribution in [0.2, 0.25) is 0 Å². The first kappa shape index (κ1) is 26.9. The van der Waals surface area contributed by atoms with E-state index in [0.29, 0.717) is 18.5 Å². The SMILES string of the molecule is CCCC[C@H](C(=O)OCC(=O)Nc1cc(C)cc(C)c1)N1C(=O)[C@@H]2C3c4ccccc4C(c4ccccc43)[C@@H]2C1=O. The zero-order chi connectivity index (χ0) is 28.8. The Labute approximate surface area is 239 Å². The van der Waals surface area contributed by atoms with Crippen molar-refractivity contribution in [2.75, 3.05) is 11.9 Å². The molecule has 7 rings (SSSR count). The quantitative estimate of drug-likeness (QED) is 0.306. The molecule has 4 aliphatic rings. The number of hydrogen-bond donors (Lipinski definition) is 1. The molecule has 3 aromatic rings. The molecule has 0 spiro atoms. The minimum absolute atomic E-state index is 0.245. The van der Waals surface area contributed by atoms with Crippen LogP contribution in [0.3, 0.4) is 0 Å². The van der Waals surface area contributed by atoms with Crippen LogP contribution in [-0.4, -0.2) is 41.2 Å². The number of benzene rings is 3. The summed E-state index contributed by atoms with van der Waals surface area (Å²) in [6.07, 6.45) is 1.70. The largest absolute Gasteiger partial charge is 0.454 e. The summed E-state index contributed by atoms with van der Waals surface area (Å²) in [5, 5.41) is 2.77. The van der Waals surface area contributed by atoms with Gasteiger partial charge in [0, 0.05) is 17.5 Å². The van der Waals surface area contributed by atoms with Gasteiger partial charge in [-0.2, -0.15) is 0 Å². The van der Waals surface area contributed by atoms with E-state index in [-0.39, 0.29) is 23.7 Å². The van der Waals surface area contributed by atoms with Crippen LogP contribution in [0.25, 0.3) is 0 Å². The van der Waals surface area contributed by atoms with E-state index in [1.54, 1.807) is 0 Å². The summed E-state index contributed by atoms with van der Waals surface area (Å²) in [6, 6.07) is 20.7. The van der Waals surface area contributed by atoms with Gasteiger partial charge in [-0.15, -0.1) is 0 Å². The van der Waals surface area contributed by atoms with Gasteiger partial charge in [0.15, 0.2) is 6.61 Å². The Bertz CT molecular complexity index is 1430. The average molecular weight is 551 g/mol. The third kappa shape index (κ3) is 4.53. The summed E-state index contributed by atoms with van der Waals surface area (Å²) < 4.78 is 5.45. The molecule has 1 saturated heterocycles. The molecule has 7 nitrogen and oxygen atoms in total. The molecule has 0 aromatic heterocycles. The van der Waals surface area contributed by atoms with Crippen LogP contribution < -0.4 is 5.32 Å². The first-order valence-electron chi connectivity index (χ1n) is 14.4. The molecular weight excluding hydrogens is 516 g/mol. The number of esters is 1. The molecule has 0 saturated carbocycles. The van der Waals surface area contributed by atoms with E-state index in [1.165, 1.54) is 4.90 Å². The van der Waals surface area contributed by atoms with Crippen LogP contribution in [-0.2, 0) is 23.9 Å². The Morgan fingerprint density at radius 2 is 1.32 bits per heavy atom. The Kier molecular flexibility index (Phi) is 6.98. The molecule has 3 aromatic carbocycles. The minimum atomic E-state index is -1.07. The highest BCUT2D eigenvalue weighted by Crippen LogP contribution is 2.61. The predicted molar refractivity (Wildman–Crippen MR) is 154 cm³/mol. The van der Waals surface area contributed by atoms with Crippen molar-refractivity contribution in [1.82, 2.24) is 4.90 Å². The molecule has 7 heteroatoms. The molecule has 1 heterocycles. The second-order valence-corrected chi connectivity index (χ2v) is 11.5. The van der Waals surface area contributed by atoms with E-state index in [1.807, 2.05) is 63.2 Å². The van der Waals surface area contributed by atoms with Gasteiger partial charge in [0.1, 0.15) is 6.04 Å². The number of anilines is 1. The molecule has 2 bridgehead atoms. The van der Waals surface area contributed by atoms with Gasteiger partial charge in [-0.25, -0.2) is 4.79 Å². The number of imide groups is 1. The van der Waals surface area contributed by atoms with Crippen molar-refractivity contribution >= 4 is 29.4 Å². The summed E-state index contributed by atoms with van der Waals surface area (Å²) in [6.45, 7) is 5.36. The second-order valence-electron chi connectivity index (χ2n) is 11.5. The third-order valence-electron chi connectivity index (χ3n) is 8.75. The van der Waals surface area contributed by atoms with Gasteiger partial charge in [-0.1, -0.05) is 74.4 Å². The van der Waals surface area contributed by atoms with Crippen molar-refractivity contribution in [3.05, 3.63) is 100 Å². The number of aryl methyl sites for hydroxylation is 2. The van der Waals surface area contributed by atoms with Gasteiger partial charge >= 0.3 is 5.97 Å². The number of carbonyl (C=O) groups is 4. The normalized spacial score (nSPS) is 22.6. The standard InChI is InChI=1S/C34H34N2O5/c1-4-5-14-26(34(40)41-18-27(37)35-21-16-19(2)15-20(3)17-21)36-32(38)30-28-22-10-6-7-11-23(22)29(31(30)33(36)39)25-13-9-8-12-24(25)28/h6-13,15-17,26,28-31H,4-5,14,18H2,1-3H3,(H,35,37)/t26-,28?,29?,30-,31+/m1/s1. The zero-order valence-corrected chi connectivity index (χ0v) is 23.6. The molecule has 41 heavy (non-hydrogen) atoms. The lowest BCUT2D eigenvalue weighted by Crippen LogP contribution is -2.47. The van der Waals surface area contributed by atoms with Crippen molar-refractivity contribution < 1.29 is 23.9 Å². The lowest BCUT2D eigenvalue weighted by molar-refractivity contribution is -0.160. The number of carbonyl (C=O) groups excluding carboxylic acids is 4. The fourth-order valence-electron chi connectivity index (χ4n) is 7.23. The van der Waals surface area contributed by atoms with Crippen molar-refractivity contribution in [1.29, 1.82) is 0 Å². The van der Waals surface area contributed by atoms with Crippen molar-refractivity contribution in [2.45, 2.75) is 57.9 Å². The monoisotopic (exact) mass is 550 g/mol. The summed E-state index contributed by atoms with van der Waals surface area (Å²) in [5.41, 5.74) is 6.94. The number of unbranched alkanes of at least 4 members (excludes halogenated alkanes) is 1. The van der Waals surface area contributed by atoms with E-state index in [2.05, 4.69) is 29.6 Å². The molecule has 1 fully saturated rings. The molecular formula is C34H34N2O5. The van der Waals surface area contributed by atoms with Gasteiger partial charge in [-0.3, -0.25) is 19.3 Å². The van der Waals surface area contributed by atoms with Gasteiger partial charge in [0.05, 0.1) is 11.8 Å². The smallest absolute Gasteiger partial charge is 0.329 e. The van der Waals surface area contributed by atoms with Gasteiger partial charge in [0.2, 0.25) is 11.8 Å². The maximum Gasteiger partial charge on any atom is 0.329 e. The average Bonchev–Trinajstić information content (AvgIpc) is 3.22. The minimum Gasteiger partial charge on any atom is -0.454 e. The summed E-state index contributed by atoms with van der Waals surface area (Å²) in [4.78, 5) is 55.5. The van der Waals surface area contributed by atoms with Crippen molar-refractivity contribution in [3.63, 3.8) is 0 Å². The van der Waals surface area contributed by atoms with Crippen molar-refractivity contribution in [2.24, 2.45) is 11.8 Å². The number of likely N-dealkylation sites (tertiary alicyclic amines) is 1. The first-order chi connectivity index (χ1) is 19.8. The lowest BCUT2D eigenvalue weighted by atomic mass is 9.55. The molecule has 210 valence electrons. The highest BCUT2D eigenvalue weighted by molar-refractivity contribution is 6.10. The summed E-state index contributed by atoms with van der Waals surface area (Å²) >= 11 is 0. The zero-order valence-electron chi connectivity index (χ0n) is 23.6. The number of ether oxygens (including phenoxy) is 1. The molecule has 1 aliphatic heterocycles. The van der Waals surface area contributed by atoms with Crippen LogP contribution in [0.5, 0.6) is 0 Å². The number of amides is 3. The van der Waals surface area contributed by atoms with Gasteiger partial charge in [0.25, 0.3) is 5.91 Å². The number of rotatable bonds is 8. The highest BCUT2D eigenvalue weighted by Gasteiger charge is 2.63. The summed E-state index contributed by atoms with van der Waals surface area (Å²) in [5.74, 6) is -3.47. The number of nitrogens with one attached hydrogen (secondary N) is 1. The number of hydrogen-bond acceptors (Lipinski definition) is 5. The molecule has 1 N–H and O–H groups in total. The second kappa shape index (κ2) is 10.6. The van der Waals surface area contributed by atoms with Crippen LogP contribution in [0.1, 0.15) is 71.4 Å². The topological polar surface area (TPSA) is 92.8 Å². The fourth-order valence-corrected chi connectivity index (χ4v) is 7.23. The van der Waals surface area contributed by atoms with Crippen LogP contribution in [0.15, 0.2) is 66.7 Å². The first-order valence-corrected chi connectivity index (χ1v) is 14.4. The van der Waals surface area contributed by atoms with Crippen LogP contribution in [0, 0.1) is 25.7 Å². The molecule has 0 radical (unpaired) electrons. The van der Waals surface area contributed by atoms with Crippen molar-refractivity contribution in [3.8, 4) is 0 Å². The van der Waals surface area contributed by atoms with E-state index in [9.17, 15) is 19.2 Å². The predicted octanol–water partition coefficient (Wildman–Crippen LogP) is 5.24. The fraction of sp³-hybridized carbons (Fsp3) is 0.353. The van der Waals surface area contributed by atoms with E-state index < -0.39 is 36.4 Å². The van der Waals surface area contributed by atoms with Gasteiger partial charge in [-0.05, 0) is 65.8 Å². The Balaban J connectivity index is 1.26. The Hall–Kier alpha value is -4.26. The van der Waals surface area contributed by atoms with Gasteiger partial charge < -0.3 is 10.1 Å². The Morgan fingerprint density at radius 3 is 1.78 bits per heavy atom.